The number of nitrogens with zero attached hydrogens (tertiary/aromatic N) is 1. The molecule has 1 nitrogen and oxygen atoms in total. The van der Waals surface area contributed by atoms with Crippen molar-refractivity contribution in [2.24, 2.45) is 0 Å². The summed E-state index contributed by atoms with van der Waals surface area (Å²) in [5.74, 6) is 0.718. The minimum absolute atomic E-state index is 0.700. The average molecular weight is 295 g/mol. The van der Waals surface area contributed by atoms with Gasteiger partial charge in [-0.25, -0.2) is 0 Å². The molecule has 118 valence electrons. The van der Waals surface area contributed by atoms with Gasteiger partial charge in [-0.15, -0.1) is 0 Å². The first-order valence-corrected chi connectivity index (χ1v) is 9.03. The Balaban J connectivity index is 1.98. The molecule has 3 rings (SSSR count). The Morgan fingerprint density at radius 1 is 0.727 bits per heavy atom. The number of fused-ring (bicyclic) bond motifs is 3. The smallest absolute Gasteiger partial charge is 0.0402 e. The number of hydrogen-bond donors (Lipinski definition) is 0. The van der Waals surface area contributed by atoms with Crippen molar-refractivity contribution in [3.63, 3.8) is 0 Å². The molecular weight excluding hydrogens is 266 g/mol. The lowest BCUT2D eigenvalue weighted by atomic mass is 9.86. The van der Waals surface area contributed by atoms with Gasteiger partial charge in [-0.3, -0.25) is 0 Å². The first-order valence-electron chi connectivity index (χ1n) is 9.03. The molecule has 0 bridgehead atoms. The predicted octanol–water partition coefficient (Wildman–Crippen LogP) is 5.85. The summed E-state index contributed by atoms with van der Waals surface area (Å²) < 4.78 is 0. The fraction of sp³-hybridized carbons (Fsp3) is 0.524. The highest BCUT2D eigenvalue weighted by Crippen LogP contribution is 2.44. The SMILES string of the molecule is CN1c2ccccccccc2C2CCCCCCCCC21. The molecule has 2 unspecified atom stereocenters. The van der Waals surface area contributed by atoms with Gasteiger partial charge in [-0.1, -0.05) is 81.0 Å². The van der Waals surface area contributed by atoms with Gasteiger partial charge in [0.1, 0.15) is 0 Å². The summed E-state index contributed by atoms with van der Waals surface area (Å²) in [7, 11) is 2.30. The van der Waals surface area contributed by atoms with Crippen LogP contribution in [0.5, 0.6) is 0 Å². The van der Waals surface area contributed by atoms with E-state index in [2.05, 4.69) is 60.5 Å². The van der Waals surface area contributed by atoms with Crippen molar-refractivity contribution in [3.05, 3.63) is 54.1 Å². The third-order valence-electron chi connectivity index (χ3n) is 5.39. The van der Waals surface area contributed by atoms with Crippen LogP contribution in [-0.2, 0) is 0 Å². The summed E-state index contributed by atoms with van der Waals surface area (Å²) in [6.45, 7) is 0. The molecule has 0 amide bonds. The van der Waals surface area contributed by atoms with Crippen molar-refractivity contribution in [1.82, 2.24) is 0 Å². The van der Waals surface area contributed by atoms with Crippen LogP contribution in [0.25, 0.3) is 0 Å². The van der Waals surface area contributed by atoms with E-state index in [9.17, 15) is 0 Å². The van der Waals surface area contributed by atoms with Gasteiger partial charge in [0.15, 0.2) is 0 Å². The van der Waals surface area contributed by atoms with E-state index in [-0.39, 0.29) is 0 Å². The van der Waals surface area contributed by atoms with Crippen LogP contribution in [-0.4, -0.2) is 13.1 Å². The van der Waals surface area contributed by atoms with Gasteiger partial charge in [0, 0.05) is 24.7 Å². The van der Waals surface area contributed by atoms with Crippen molar-refractivity contribution in [3.8, 4) is 0 Å². The zero-order valence-electron chi connectivity index (χ0n) is 13.9. The van der Waals surface area contributed by atoms with Crippen molar-refractivity contribution in [2.75, 3.05) is 11.9 Å². The molecule has 22 heavy (non-hydrogen) atoms. The van der Waals surface area contributed by atoms with E-state index in [1.54, 1.807) is 5.56 Å². The molecule has 0 radical (unpaired) electrons. The molecule has 1 saturated carbocycles. The largest absolute Gasteiger partial charge is 0.371 e. The van der Waals surface area contributed by atoms with Crippen molar-refractivity contribution < 1.29 is 0 Å². The molecule has 1 heterocycles. The van der Waals surface area contributed by atoms with E-state index in [1.165, 1.54) is 57.1 Å². The molecule has 2 atom stereocenters. The molecule has 1 aromatic carbocycles. The first kappa shape index (κ1) is 15.4. The second-order valence-electron chi connectivity index (χ2n) is 6.81. The lowest BCUT2D eigenvalue weighted by Crippen LogP contribution is -2.30. The van der Waals surface area contributed by atoms with Crippen LogP contribution in [0.2, 0.25) is 0 Å². The number of likely N-dealkylation sites (N-methyl/N-ethyl adjacent to an activating group) is 1. The predicted molar refractivity (Wildman–Crippen MR) is 95.9 cm³/mol. The summed E-state index contributed by atoms with van der Waals surface area (Å²) in [5, 5.41) is 0. The van der Waals surface area contributed by atoms with Gasteiger partial charge in [-0.2, -0.15) is 0 Å². The van der Waals surface area contributed by atoms with E-state index in [4.69, 9.17) is 0 Å². The van der Waals surface area contributed by atoms with E-state index in [1.807, 2.05) is 0 Å². The Kier molecular flexibility index (Phi) is 5.37. The second-order valence-corrected chi connectivity index (χ2v) is 6.81. The molecule has 1 heteroatoms. The summed E-state index contributed by atoms with van der Waals surface area (Å²) >= 11 is 0. The average Bonchev–Trinajstić information content (AvgIpc) is 2.80. The van der Waals surface area contributed by atoms with Crippen LogP contribution >= 0.6 is 0 Å². The highest BCUT2D eigenvalue weighted by molar-refractivity contribution is 5.60. The van der Waals surface area contributed by atoms with Crippen LogP contribution in [0.1, 0.15) is 62.8 Å². The molecule has 0 N–H and O–H groups in total. The summed E-state index contributed by atoms with van der Waals surface area (Å²) in [6, 6.07) is 18.3. The minimum atomic E-state index is 0.700. The fourth-order valence-corrected chi connectivity index (χ4v) is 4.20. The number of anilines is 1. The van der Waals surface area contributed by atoms with Gasteiger partial charge in [-0.05, 0) is 24.5 Å². The normalized spacial score (nSPS) is 24.9. The topological polar surface area (TPSA) is 3.24 Å². The maximum absolute atomic E-state index is 2.56. The third kappa shape index (κ3) is 3.45. The van der Waals surface area contributed by atoms with Crippen LogP contribution in [0.4, 0.5) is 5.69 Å². The lowest BCUT2D eigenvalue weighted by molar-refractivity contribution is 0.423. The Bertz CT molecular complexity index is 535. The monoisotopic (exact) mass is 295 g/mol. The molecule has 0 spiro atoms. The van der Waals surface area contributed by atoms with Gasteiger partial charge in [0.25, 0.3) is 0 Å². The van der Waals surface area contributed by atoms with Crippen molar-refractivity contribution in [1.29, 1.82) is 0 Å². The van der Waals surface area contributed by atoms with Crippen LogP contribution in [0.3, 0.4) is 0 Å². The maximum atomic E-state index is 2.56. The second kappa shape index (κ2) is 7.67. The summed E-state index contributed by atoms with van der Waals surface area (Å²) in [4.78, 5) is 2.56. The zero-order valence-corrected chi connectivity index (χ0v) is 13.9. The highest BCUT2D eigenvalue weighted by Gasteiger charge is 2.34. The van der Waals surface area contributed by atoms with Crippen LogP contribution in [0.15, 0.2) is 48.5 Å². The molecular formula is C21H29N. The van der Waals surface area contributed by atoms with Crippen molar-refractivity contribution >= 4 is 5.69 Å². The van der Waals surface area contributed by atoms with Crippen LogP contribution in [0, 0.1) is 0 Å². The maximum Gasteiger partial charge on any atom is 0.0402 e. The van der Waals surface area contributed by atoms with Crippen molar-refractivity contribution in [2.45, 2.75) is 63.3 Å². The standard InChI is InChI=1S/C21H29N/c1-22-20-16-12-8-4-2-6-10-14-18(20)19-15-11-7-3-5-9-13-17-21(19)22/h2,4,6,8,10,12,14,16,19,21H,3,5,7,9,11,13,15,17H2,1H3. The lowest BCUT2D eigenvalue weighted by Gasteiger charge is -2.28. The Morgan fingerprint density at radius 3 is 2.09 bits per heavy atom. The molecule has 1 fully saturated rings. The Morgan fingerprint density at radius 2 is 1.32 bits per heavy atom. The number of rotatable bonds is 0. The molecule has 1 aromatic rings. The highest BCUT2D eigenvalue weighted by atomic mass is 15.2. The third-order valence-corrected chi connectivity index (χ3v) is 5.39. The zero-order chi connectivity index (χ0) is 15.2. The van der Waals surface area contributed by atoms with Crippen LogP contribution < -0.4 is 4.90 Å². The summed E-state index contributed by atoms with van der Waals surface area (Å²) in [6.07, 6.45) is 11.2. The van der Waals surface area contributed by atoms with Gasteiger partial charge in [0.05, 0.1) is 0 Å². The Hall–Kier alpha value is -1.50. The quantitative estimate of drug-likeness (QED) is 0.580. The molecule has 1 aliphatic carbocycles. The molecule has 0 saturated heterocycles. The fourth-order valence-electron chi connectivity index (χ4n) is 4.20. The van der Waals surface area contributed by atoms with Gasteiger partial charge in [0.2, 0.25) is 0 Å². The Labute approximate surface area is 135 Å². The molecule has 0 aromatic heterocycles. The van der Waals surface area contributed by atoms with E-state index in [0.29, 0.717) is 6.04 Å². The summed E-state index contributed by atoms with van der Waals surface area (Å²) in [5.41, 5.74) is 3.00. The number of hydrogen-bond acceptors (Lipinski definition) is 1. The van der Waals surface area contributed by atoms with Gasteiger partial charge >= 0.3 is 0 Å². The van der Waals surface area contributed by atoms with E-state index in [0.717, 1.165) is 5.92 Å². The minimum Gasteiger partial charge on any atom is -0.371 e. The van der Waals surface area contributed by atoms with E-state index < -0.39 is 0 Å². The molecule has 2 aliphatic rings. The first-order chi connectivity index (χ1) is 10.9. The molecule has 1 aliphatic heterocycles. The van der Waals surface area contributed by atoms with E-state index >= 15 is 0 Å². The van der Waals surface area contributed by atoms with Gasteiger partial charge < -0.3 is 4.90 Å².